The molecule has 0 aliphatic carbocycles. The molecule has 2 saturated heterocycles. The minimum atomic E-state index is -1.24. The van der Waals surface area contributed by atoms with Gasteiger partial charge in [-0.3, -0.25) is 4.79 Å². The summed E-state index contributed by atoms with van der Waals surface area (Å²) in [6.45, 7) is 3.87. The number of aryl methyl sites for hydroxylation is 1. The van der Waals surface area contributed by atoms with E-state index in [2.05, 4.69) is 31.7 Å². The van der Waals surface area contributed by atoms with Gasteiger partial charge in [0.2, 0.25) is 0 Å². The highest BCUT2D eigenvalue weighted by atomic mass is 79.9. The largest absolute Gasteiger partial charge is 0.414 e. The number of benzene rings is 1. The van der Waals surface area contributed by atoms with Crippen LogP contribution < -0.4 is 20.3 Å². The van der Waals surface area contributed by atoms with Gasteiger partial charge in [-0.15, -0.1) is 0 Å². The van der Waals surface area contributed by atoms with Crippen molar-refractivity contribution < 1.29 is 29.0 Å². The topological polar surface area (TPSA) is 122 Å². The van der Waals surface area contributed by atoms with Crippen molar-refractivity contribution in [2.45, 2.75) is 25.3 Å². The van der Waals surface area contributed by atoms with Crippen molar-refractivity contribution in [1.29, 1.82) is 0 Å². The maximum Gasteiger partial charge on any atom is 0.414 e. The Balaban J connectivity index is 1.46. The van der Waals surface area contributed by atoms with Gasteiger partial charge in [0.1, 0.15) is 5.54 Å². The van der Waals surface area contributed by atoms with Crippen molar-refractivity contribution in [3.63, 3.8) is 0 Å². The third kappa shape index (κ3) is 5.52. The Morgan fingerprint density at radius 1 is 1.24 bits per heavy atom. The van der Waals surface area contributed by atoms with Crippen LogP contribution >= 0.6 is 27.3 Å². The molecule has 2 fully saturated rings. The Kier molecular flexibility index (Phi) is 7.71. The minimum absolute atomic E-state index is 0.0449. The maximum atomic E-state index is 13.2. The normalized spacial score (nSPS) is 21.8. The third-order valence-electron chi connectivity index (χ3n) is 5.64. The first-order chi connectivity index (χ1) is 16.4. The van der Waals surface area contributed by atoms with Crippen LogP contribution in [0.4, 0.5) is 16.2 Å². The number of nitrogens with zero attached hydrogens (tertiary/aromatic N) is 2. The minimum Gasteiger partial charge on any atom is -0.409 e. The van der Waals surface area contributed by atoms with Gasteiger partial charge in [0, 0.05) is 37.4 Å². The summed E-state index contributed by atoms with van der Waals surface area (Å²) >= 11 is 4.59. The summed E-state index contributed by atoms with van der Waals surface area (Å²) in [7, 11) is 0. The van der Waals surface area contributed by atoms with E-state index in [-0.39, 0.29) is 12.5 Å². The highest BCUT2D eigenvalue weighted by Gasteiger charge is 2.44. The molecule has 0 spiro atoms. The highest BCUT2D eigenvalue weighted by Crippen LogP contribution is 2.30. The molecule has 3 heterocycles. The number of amides is 2. The number of oxime groups is 1. The summed E-state index contributed by atoms with van der Waals surface area (Å²) in [6, 6.07) is 8.90. The number of amidine groups is 1. The zero-order valence-corrected chi connectivity index (χ0v) is 20.9. The Morgan fingerprint density at radius 2 is 2.09 bits per heavy atom. The predicted octanol–water partition coefficient (Wildman–Crippen LogP) is 3.72. The van der Waals surface area contributed by atoms with Gasteiger partial charge in [0.05, 0.1) is 23.6 Å². The van der Waals surface area contributed by atoms with Crippen LogP contribution in [0.2, 0.25) is 0 Å². The highest BCUT2D eigenvalue weighted by molar-refractivity contribution is 9.11. The second-order valence-corrected chi connectivity index (χ2v) is 10.4. The number of anilines is 2. The van der Waals surface area contributed by atoms with Crippen molar-refractivity contribution in [3.05, 3.63) is 39.7 Å². The Labute approximate surface area is 209 Å². The molecule has 12 heteroatoms. The number of hydrogen-bond donors (Lipinski definition) is 3. The summed E-state index contributed by atoms with van der Waals surface area (Å²) in [5, 5.41) is 18.8. The van der Waals surface area contributed by atoms with Crippen LogP contribution in [0.5, 0.6) is 5.06 Å². The number of carbonyl (C=O) groups excluding carboxylic acids is 2. The number of ether oxygens (including phenoxy) is 3. The van der Waals surface area contributed by atoms with Crippen LogP contribution in [-0.4, -0.2) is 61.6 Å². The van der Waals surface area contributed by atoms with E-state index in [4.69, 9.17) is 14.2 Å². The second kappa shape index (κ2) is 10.7. The zero-order valence-electron chi connectivity index (χ0n) is 18.5. The molecule has 1 atom stereocenters. The molecular weight excluding hydrogens is 528 g/mol. The number of carbonyl (C=O) groups is 2. The molecule has 1 unspecified atom stereocenters. The first kappa shape index (κ1) is 24.5. The van der Waals surface area contributed by atoms with Crippen molar-refractivity contribution in [2.75, 3.05) is 43.2 Å². The van der Waals surface area contributed by atoms with Gasteiger partial charge in [0.25, 0.3) is 5.91 Å². The molecular formula is C22H25BrN4O6S. The Hall–Kier alpha value is -2.67. The molecule has 0 bridgehead atoms. The fourth-order valence-electron chi connectivity index (χ4n) is 3.90. The lowest BCUT2D eigenvalue weighted by Gasteiger charge is -2.27. The van der Waals surface area contributed by atoms with E-state index < -0.39 is 11.6 Å². The average Bonchev–Trinajstić information content (AvgIpc) is 3.37. The fraction of sp³-hybridized carbons (Fsp3) is 0.409. The van der Waals surface area contributed by atoms with Crippen LogP contribution in [0.3, 0.4) is 0 Å². The molecule has 2 aromatic rings. The molecule has 2 amide bonds. The smallest absolute Gasteiger partial charge is 0.409 e. The predicted molar refractivity (Wildman–Crippen MR) is 131 cm³/mol. The first-order valence-corrected chi connectivity index (χ1v) is 12.3. The van der Waals surface area contributed by atoms with Crippen LogP contribution in [0, 0.1) is 6.92 Å². The first-order valence-electron chi connectivity index (χ1n) is 10.7. The molecule has 182 valence electrons. The molecule has 1 aromatic heterocycles. The quantitative estimate of drug-likeness (QED) is 0.381. The van der Waals surface area contributed by atoms with Crippen molar-refractivity contribution >= 4 is 56.5 Å². The van der Waals surface area contributed by atoms with Gasteiger partial charge in [-0.05, 0) is 58.7 Å². The van der Waals surface area contributed by atoms with Crippen molar-refractivity contribution in [2.24, 2.45) is 5.16 Å². The van der Waals surface area contributed by atoms with E-state index in [9.17, 15) is 14.8 Å². The Bertz CT molecular complexity index is 1090. The second-order valence-electron chi connectivity index (χ2n) is 7.94. The summed E-state index contributed by atoms with van der Waals surface area (Å²) in [5.41, 5.74) is 1.08. The van der Waals surface area contributed by atoms with E-state index >= 15 is 0 Å². The van der Waals surface area contributed by atoms with E-state index in [0.29, 0.717) is 55.8 Å². The molecule has 10 nitrogen and oxygen atoms in total. The molecule has 4 rings (SSSR count). The molecule has 2 aliphatic rings. The van der Waals surface area contributed by atoms with Gasteiger partial charge in [0.15, 0.2) is 10.9 Å². The third-order valence-corrected chi connectivity index (χ3v) is 7.14. The van der Waals surface area contributed by atoms with E-state index in [1.807, 2.05) is 24.0 Å². The molecule has 0 saturated carbocycles. The lowest BCUT2D eigenvalue weighted by molar-refractivity contribution is -0.122. The molecule has 2 aliphatic heterocycles. The van der Waals surface area contributed by atoms with Crippen molar-refractivity contribution in [3.8, 4) is 5.06 Å². The summed E-state index contributed by atoms with van der Waals surface area (Å²) in [5.74, 6) is 0.141. The maximum absolute atomic E-state index is 13.2. The van der Waals surface area contributed by atoms with Gasteiger partial charge in [-0.2, -0.15) is 0 Å². The lowest BCUT2D eigenvalue weighted by Crippen LogP contribution is -2.58. The van der Waals surface area contributed by atoms with E-state index in [0.717, 1.165) is 15.0 Å². The molecule has 34 heavy (non-hydrogen) atoms. The molecule has 0 radical (unpaired) electrons. The van der Waals surface area contributed by atoms with Gasteiger partial charge < -0.3 is 35.0 Å². The van der Waals surface area contributed by atoms with E-state index in [1.54, 1.807) is 18.2 Å². The lowest BCUT2D eigenvalue weighted by atomic mass is 9.97. The van der Waals surface area contributed by atoms with Crippen molar-refractivity contribution in [1.82, 2.24) is 5.32 Å². The number of thiophene rings is 1. The SMILES string of the molecule is Cc1cc(NC(=O)C2(NC(=O)Oc3ccc(Br)s3)CCOC2)ccc1N1CCOCCC1=NO. The van der Waals surface area contributed by atoms with Gasteiger partial charge in [-0.1, -0.05) is 16.5 Å². The molecule has 1 aromatic carbocycles. The molecule has 3 N–H and O–H groups in total. The number of nitrogens with one attached hydrogen (secondary N) is 2. The monoisotopic (exact) mass is 552 g/mol. The standard InChI is InChI=1S/C22H25BrN4O6S/c1-14-12-15(2-3-16(14)27-8-11-31-9-6-18(27)26-30)24-20(28)22(7-10-32-13-22)25-21(29)33-19-5-4-17(23)34-19/h2-5,12,30H,6-11,13H2,1H3,(H,24,28)(H,25,29). The van der Waals surface area contributed by atoms with Crippen LogP contribution in [0.15, 0.2) is 39.3 Å². The summed E-state index contributed by atoms with van der Waals surface area (Å²) < 4.78 is 17.1. The number of rotatable bonds is 5. The number of halogens is 1. The summed E-state index contributed by atoms with van der Waals surface area (Å²) in [4.78, 5) is 27.6. The van der Waals surface area contributed by atoms with Crippen LogP contribution in [-0.2, 0) is 14.3 Å². The fourth-order valence-corrected chi connectivity index (χ4v) is 5.09. The zero-order chi connectivity index (χ0) is 24.1. The summed E-state index contributed by atoms with van der Waals surface area (Å²) in [6.07, 6.45) is 0.102. The Morgan fingerprint density at radius 3 is 2.76 bits per heavy atom. The average molecular weight is 553 g/mol. The van der Waals surface area contributed by atoms with E-state index in [1.165, 1.54) is 11.3 Å². The van der Waals surface area contributed by atoms with Crippen LogP contribution in [0.25, 0.3) is 0 Å². The van der Waals surface area contributed by atoms with Gasteiger partial charge in [-0.25, -0.2) is 4.79 Å². The van der Waals surface area contributed by atoms with Crippen LogP contribution in [0.1, 0.15) is 18.4 Å². The number of hydrogen-bond acceptors (Lipinski definition) is 8. The van der Waals surface area contributed by atoms with Gasteiger partial charge >= 0.3 is 6.09 Å².